The van der Waals surface area contributed by atoms with Crippen molar-refractivity contribution in [1.82, 2.24) is 20.2 Å². The van der Waals surface area contributed by atoms with E-state index in [9.17, 15) is 8.42 Å². The number of tetrazole rings is 1. The minimum Gasteiger partial charge on any atom is -0.280 e. The first-order valence-electron chi connectivity index (χ1n) is 8.56. The summed E-state index contributed by atoms with van der Waals surface area (Å²) in [6, 6.07) is 7.04. The van der Waals surface area contributed by atoms with Gasteiger partial charge in [-0.05, 0) is 85.0 Å². The fourth-order valence-corrected chi connectivity index (χ4v) is 4.92. The summed E-state index contributed by atoms with van der Waals surface area (Å²) < 4.78 is 30.6. The highest BCUT2D eigenvalue weighted by molar-refractivity contribution is 7.92. The third-order valence-electron chi connectivity index (χ3n) is 5.19. The van der Waals surface area contributed by atoms with E-state index in [0.29, 0.717) is 16.4 Å². The molecule has 0 amide bonds. The van der Waals surface area contributed by atoms with Crippen LogP contribution < -0.4 is 4.72 Å². The first-order chi connectivity index (χ1) is 12.6. The van der Waals surface area contributed by atoms with Crippen molar-refractivity contribution in [3.63, 3.8) is 0 Å². The normalized spacial score (nSPS) is 11.6. The van der Waals surface area contributed by atoms with Crippen LogP contribution in [0.1, 0.15) is 27.8 Å². The van der Waals surface area contributed by atoms with Gasteiger partial charge in [0, 0.05) is 18.3 Å². The Bertz CT molecular complexity index is 1100. The Labute approximate surface area is 159 Å². The van der Waals surface area contributed by atoms with E-state index in [-0.39, 0.29) is 0 Å². The van der Waals surface area contributed by atoms with Gasteiger partial charge in [0.25, 0.3) is 10.0 Å². The summed E-state index contributed by atoms with van der Waals surface area (Å²) in [5.74, 6) is 0.561. The largest absolute Gasteiger partial charge is 0.280 e. The predicted octanol–water partition coefficient (Wildman–Crippen LogP) is 3.22. The topological polar surface area (TPSA) is 89.8 Å². The van der Waals surface area contributed by atoms with Gasteiger partial charge in [0.1, 0.15) is 0 Å². The highest BCUT2D eigenvalue weighted by atomic mass is 32.2. The average Bonchev–Trinajstić information content (AvgIpc) is 3.04. The number of benzene rings is 2. The summed E-state index contributed by atoms with van der Waals surface area (Å²) in [5.41, 5.74) is 5.86. The maximum absolute atomic E-state index is 13.2. The van der Waals surface area contributed by atoms with E-state index in [1.807, 2.05) is 40.7 Å². The van der Waals surface area contributed by atoms with Crippen LogP contribution in [0, 0.1) is 34.6 Å². The van der Waals surface area contributed by atoms with Gasteiger partial charge < -0.3 is 0 Å². The molecule has 0 saturated carbocycles. The Balaban J connectivity index is 2.06. The third kappa shape index (κ3) is 3.32. The van der Waals surface area contributed by atoms with E-state index < -0.39 is 10.0 Å². The molecular weight excluding hydrogens is 362 g/mol. The lowest BCUT2D eigenvalue weighted by Gasteiger charge is -2.19. The Morgan fingerprint density at radius 3 is 2.07 bits per heavy atom. The van der Waals surface area contributed by atoms with E-state index in [4.69, 9.17) is 0 Å². The lowest BCUT2D eigenvalue weighted by atomic mass is 9.95. The van der Waals surface area contributed by atoms with Gasteiger partial charge in [0.05, 0.1) is 4.90 Å². The van der Waals surface area contributed by atoms with E-state index >= 15 is 0 Å². The van der Waals surface area contributed by atoms with Crippen molar-refractivity contribution in [2.75, 3.05) is 4.72 Å². The maximum Gasteiger partial charge on any atom is 0.262 e. The van der Waals surface area contributed by atoms with Crippen molar-refractivity contribution in [2.45, 2.75) is 39.5 Å². The molecule has 0 fully saturated rings. The molecule has 0 aliphatic carbocycles. The maximum atomic E-state index is 13.2. The molecule has 1 N–H and O–H groups in total. The van der Waals surface area contributed by atoms with Crippen molar-refractivity contribution in [3.8, 4) is 11.4 Å². The highest BCUT2D eigenvalue weighted by Gasteiger charge is 2.24. The number of aryl methyl sites for hydroxylation is 1. The zero-order valence-electron chi connectivity index (χ0n) is 16.3. The molecule has 2 aromatic carbocycles. The van der Waals surface area contributed by atoms with Crippen LogP contribution in [0.4, 0.5) is 5.69 Å². The lowest BCUT2D eigenvalue weighted by Crippen LogP contribution is -2.17. The summed E-state index contributed by atoms with van der Waals surface area (Å²) in [4.78, 5) is 0.342. The number of rotatable bonds is 4. The fourth-order valence-electron chi connectivity index (χ4n) is 3.27. The molecule has 0 aliphatic heterocycles. The molecule has 7 nitrogen and oxygen atoms in total. The summed E-state index contributed by atoms with van der Waals surface area (Å²) in [6.07, 6.45) is 0. The van der Waals surface area contributed by atoms with Gasteiger partial charge in [-0.15, -0.1) is 5.10 Å². The van der Waals surface area contributed by atoms with Crippen LogP contribution in [0.3, 0.4) is 0 Å². The Kier molecular flexibility index (Phi) is 4.77. The minimum absolute atomic E-state index is 0.342. The molecule has 142 valence electrons. The monoisotopic (exact) mass is 385 g/mol. The summed E-state index contributed by atoms with van der Waals surface area (Å²) in [5, 5.41) is 11.4. The number of sulfonamides is 1. The van der Waals surface area contributed by atoms with Crippen molar-refractivity contribution in [3.05, 3.63) is 52.1 Å². The second-order valence-corrected chi connectivity index (χ2v) is 8.39. The average molecular weight is 385 g/mol. The number of nitrogens with one attached hydrogen (secondary N) is 1. The molecule has 3 aromatic rings. The third-order valence-corrected chi connectivity index (χ3v) is 6.85. The quantitative estimate of drug-likeness (QED) is 0.745. The second kappa shape index (κ2) is 6.77. The molecule has 1 aromatic heterocycles. The molecule has 0 saturated heterocycles. The van der Waals surface area contributed by atoms with Crippen LogP contribution in [-0.2, 0) is 17.1 Å². The molecule has 8 heteroatoms. The summed E-state index contributed by atoms with van der Waals surface area (Å²) in [6.45, 7) is 9.64. The molecule has 0 unspecified atom stereocenters. The molecule has 0 spiro atoms. The number of aromatic nitrogens is 4. The minimum atomic E-state index is -3.74. The Morgan fingerprint density at radius 2 is 1.52 bits per heavy atom. The highest BCUT2D eigenvalue weighted by Crippen LogP contribution is 2.31. The number of hydrogen-bond donors (Lipinski definition) is 1. The van der Waals surface area contributed by atoms with Crippen LogP contribution in [-0.4, -0.2) is 28.6 Å². The van der Waals surface area contributed by atoms with Crippen molar-refractivity contribution < 1.29 is 8.42 Å². The SMILES string of the molecule is Cc1c(C)c(C)c(S(=O)(=O)Nc2cccc(-c3nnnn3C)c2)c(C)c1C. The van der Waals surface area contributed by atoms with Crippen LogP contribution in [0.25, 0.3) is 11.4 Å². The van der Waals surface area contributed by atoms with Gasteiger partial charge in [-0.1, -0.05) is 12.1 Å². The van der Waals surface area contributed by atoms with Gasteiger partial charge in [0.15, 0.2) is 5.82 Å². The van der Waals surface area contributed by atoms with Crippen molar-refractivity contribution in [2.24, 2.45) is 7.05 Å². The molecule has 0 radical (unpaired) electrons. The van der Waals surface area contributed by atoms with E-state index in [1.54, 1.807) is 25.2 Å². The molecule has 0 aliphatic rings. The number of nitrogens with zero attached hydrogens (tertiary/aromatic N) is 4. The Hall–Kier alpha value is -2.74. The molecule has 27 heavy (non-hydrogen) atoms. The standard InChI is InChI=1S/C19H23N5O2S/c1-11-12(2)14(4)18(15(5)13(11)3)27(25,26)21-17-9-7-8-16(10-17)19-20-22-23-24(19)6/h7-10,21H,1-6H3. The first-order valence-corrected chi connectivity index (χ1v) is 10.0. The molecule has 0 atom stereocenters. The zero-order valence-corrected chi connectivity index (χ0v) is 17.1. The van der Waals surface area contributed by atoms with Crippen LogP contribution in [0.2, 0.25) is 0 Å². The smallest absolute Gasteiger partial charge is 0.262 e. The number of hydrogen-bond acceptors (Lipinski definition) is 5. The summed E-state index contributed by atoms with van der Waals surface area (Å²) >= 11 is 0. The number of anilines is 1. The van der Waals surface area contributed by atoms with E-state index in [2.05, 4.69) is 20.2 Å². The summed E-state index contributed by atoms with van der Waals surface area (Å²) in [7, 11) is -2.01. The zero-order chi connectivity index (χ0) is 19.9. The van der Waals surface area contributed by atoms with E-state index in [1.165, 1.54) is 4.68 Å². The van der Waals surface area contributed by atoms with Gasteiger partial charge in [-0.2, -0.15) is 0 Å². The molecule has 1 heterocycles. The lowest BCUT2D eigenvalue weighted by molar-refractivity contribution is 0.599. The van der Waals surface area contributed by atoms with Crippen LogP contribution in [0.15, 0.2) is 29.2 Å². The fraction of sp³-hybridized carbons (Fsp3) is 0.316. The van der Waals surface area contributed by atoms with Crippen molar-refractivity contribution >= 4 is 15.7 Å². The van der Waals surface area contributed by atoms with Crippen LogP contribution in [0.5, 0.6) is 0 Å². The van der Waals surface area contributed by atoms with Crippen LogP contribution >= 0.6 is 0 Å². The van der Waals surface area contributed by atoms with Gasteiger partial charge in [-0.25, -0.2) is 13.1 Å². The molecule has 0 bridgehead atoms. The van der Waals surface area contributed by atoms with Crippen molar-refractivity contribution in [1.29, 1.82) is 0 Å². The predicted molar refractivity (Wildman–Crippen MR) is 105 cm³/mol. The molecule has 3 rings (SSSR count). The molecular formula is C19H23N5O2S. The Morgan fingerprint density at radius 1 is 0.926 bits per heavy atom. The first kappa shape index (κ1) is 19.0. The van der Waals surface area contributed by atoms with E-state index in [0.717, 1.165) is 33.4 Å². The second-order valence-electron chi connectivity index (χ2n) is 6.77. The van der Waals surface area contributed by atoms with Gasteiger partial charge in [-0.3, -0.25) is 4.72 Å². The van der Waals surface area contributed by atoms with Gasteiger partial charge in [0.2, 0.25) is 0 Å². The van der Waals surface area contributed by atoms with Gasteiger partial charge >= 0.3 is 0 Å².